The van der Waals surface area contributed by atoms with Gasteiger partial charge in [-0.3, -0.25) is 0 Å². The van der Waals surface area contributed by atoms with Crippen LogP contribution in [0.4, 0.5) is 0 Å². The van der Waals surface area contributed by atoms with Crippen LogP contribution in [-0.2, 0) is 0 Å². The normalized spacial score (nSPS) is 12.0. The molecule has 0 bridgehead atoms. The average Bonchev–Trinajstić information content (AvgIpc) is 4.19. The van der Waals surface area contributed by atoms with Gasteiger partial charge in [0.05, 0.1) is 33.4 Å². The Morgan fingerprint density at radius 2 is 0.714 bits per heavy atom. The maximum Gasteiger partial charge on any atom is 0.164 e. The highest BCUT2D eigenvalue weighted by Gasteiger charge is 2.24. The third-order valence-corrected chi connectivity index (χ3v) is 16.4. The number of thiophene rings is 2. The van der Waals surface area contributed by atoms with Gasteiger partial charge in [0.2, 0.25) is 0 Å². The fraction of sp³-hybridized carbons (Fsp3) is 0. The number of nitrogens with zero attached hydrogens (tertiary/aromatic N) is 5. The molecule has 0 atom stereocenters. The number of rotatable bonds is 6. The van der Waals surface area contributed by atoms with E-state index in [9.17, 15) is 0 Å². The predicted octanol–water partition coefficient (Wildman–Crippen LogP) is 17.5. The van der Waals surface area contributed by atoms with Crippen LogP contribution in [0.2, 0.25) is 0 Å². The number of aromatic nitrogens is 5. The third-order valence-electron chi connectivity index (χ3n) is 14.0. The molecule has 0 saturated carbocycles. The van der Waals surface area contributed by atoms with E-state index in [2.05, 4.69) is 197 Å². The molecule has 0 saturated heterocycles. The Morgan fingerprint density at radius 3 is 1.27 bits per heavy atom. The molecule has 0 unspecified atom stereocenters. The molecule has 0 aliphatic heterocycles. The van der Waals surface area contributed by atoms with Gasteiger partial charge in [0, 0.05) is 89.7 Å². The zero-order valence-electron chi connectivity index (χ0n) is 37.4. The molecule has 7 heteroatoms. The standard InChI is InChI=1S/C63H37N5S2/c1-3-17-38(18-4-1)61-64-62(39-19-5-2-6-20-39)66-63(65-61)40-31-32-42(54(37-40)68-51-28-14-9-25-48(51)58-53(68)36-34-46-44-23-11-16-30-56(44)70-60(46)58)41-21-7-12-26-49(41)67-50-27-13-8-24-47(50)57-52(67)35-33-45-43-22-10-15-29-55(43)69-59(45)57/h1-37H. The summed E-state index contributed by atoms with van der Waals surface area (Å²) in [6.45, 7) is 0. The third kappa shape index (κ3) is 5.86. The fourth-order valence-electron chi connectivity index (χ4n) is 10.9. The molecule has 0 aliphatic rings. The molecule has 0 amide bonds. The summed E-state index contributed by atoms with van der Waals surface area (Å²) in [5.41, 5.74) is 11.7. The van der Waals surface area contributed by atoms with E-state index in [1.807, 2.05) is 59.1 Å². The molecular formula is C63H37N5S2. The minimum atomic E-state index is 0.608. The number of fused-ring (bicyclic) bond motifs is 14. The van der Waals surface area contributed by atoms with E-state index in [0.29, 0.717) is 17.5 Å². The first-order valence-corrected chi connectivity index (χ1v) is 25.2. The van der Waals surface area contributed by atoms with Crippen LogP contribution >= 0.6 is 22.7 Å². The maximum atomic E-state index is 5.25. The summed E-state index contributed by atoms with van der Waals surface area (Å²) in [5, 5.41) is 10.2. The van der Waals surface area contributed by atoms with E-state index in [0.717, 1.165) is 50.2 Å². The Bertz CT molecular complexity index is 4540. The molecule has 0 aliphatic carbocycles. The molecule has 5 aromatic heterocycles. The molecule has 70 heavy (non-hydrogen) atoms. The van der Waals surface area contributed by atoms with Crippen molar-refractivity contribution in [3.63, 3.8) is 0 Å². The van der Waals surface area contributed by atoms with Gasteiger partial charge >= 0.3 is 0 Å². The van der Waals surface area contributed by atoms with Crippen molar-refractivity contribution < 1.29 is 0 Å². The lowest BCUT2D eigenvalue weighted by atomic mass is 9.98. The first-order valence-electron chi connectivity index (χ1n) is 23.5. The van der Waals surface area contributed by atoms with Crippen LogP contribution in [0.15, 0.2) is 224 Å². The predicted molar refractivity (Wildman–Crippen MR) is 296 cm³/mol. The van der Waals surface area contributed by atoms with Gasteiger partial charge in [0.1, 0.15) is 0 Å². The van der Waals surface area contributed by atoms with Gasteiger partial charge < -0.3 is 9.13 Å². The lowest BCUT2D eigenvalue weighted by Gasteiger charge is -2.19. The Morgan fingerprint density at radius 1 is 0.286 bits per heavy atom. The topological polar surface area (TPSA) is 48.5 Å². The molecule has 0 radical (unpaired) electrons. The summed E-state index contributed by atoms with van der Waals surface area (Å²) in [7, 11) is 0. The molecule has 0 fully saturated rings. The molecule has 5 heterocycles. The molecule has 10 aromatic carbocycles. The molecule has 0 spiro atoms. The fourth-order valence-corrected chi connectivity index (χ4v) is 13.4. The molecule has 326 valence electrons. The van der Waals surface area contributed by atoms with Crippen LogP contribution in [0.5, 0.6) is 0 Å². The lowest BCUT2D eigenvalue weighted by molar-refractivity contribution is 1.07. The second kappa shape index (κ2) is 15.4. The SMILES string of the molecule is c1ccc(-c2nc(-c3ccccc3)nc(-c3ccc(-c4ccccc4-n4c5ccccc5c5c6sc7ccccc7c6ccc54)c(-n4c5ccccc5c5c6sc7ccccc7c6ccc54)c3)n2)cc1. The second-order valence-corrected chi connectivity index (χ2v) is 20.0. The summed E-state index contributed by atoms with van der Waals surface area (Å²) in [6, 6.07) is 80.8. The zero-order valence-corrected chi connectivity index (χ0v) is 39.0. The van der Waals surface area contributed by atoms with Crippen molar-refractivity contribution >= 4 is 107 Å². The minimum Gasteiger partial charge on any atom is -0.309 e. The number of benzene rings is 10. The van der Waals surface area contributed by atoms with Gasteiger partial charge in [-0.2, -0.15) is 0 Å². The van der Waals surface area contributed by atoms with Crippen LogP contribution in [0, 0.1) is 0 Å². The summed E-state index contributed by atoms with van der Waals surface area (Å²) >= 11 is 3.76. The number of para-hydroxylation sites is 3. The molecule has 0 N–H and O–H groups in total. The quantitative estimate of drug-likeness (QED) is 0.167. The van der Waals surface area contributed by atoms with Gasteiger partial charge in [-0.25, -0.2) is 15.0 Å². The highest BCUT2D eigenvalue weighted by Crippen LogP contribution is 2.48. The summed E-state index contributed by atoms with van der Waals surface area (Å²) in [4.78, 5) is 15.6. The summed E-state index contributed by atoms with van der Waals surface area (Å²) in [6.07, 6.45) is 0. The monoisotopic (exact) mass is 927 g/mol. The molecule has 15 aromatic rings. The molecule has 5 nitrogen and oxygen atoms in total. The largest absolute Gasteiger partial charge is 0.309 e. The summed E-state index contributed by atoms with van der Waals surface area (Å²) in [5.74, 6) is 1.86. The van der Waals surface area contributed by atoms with Crippen LogP contribution in [0.25, 0.3) is 141 Å². The Balaban J connectivity index is 1.04. The van der Waals surface area contributed by atoms with Crippen molar-refractivity contribution in [2.75, 3.05) is 0 Å². The van der Waals surface area contributed by atoms with Gasteiger partial charge in [-0.1, -0.05) is 176 Å². The average molecular weight is 928 g/mol. The number of hydrogen-bond donors (Lipinski definition) is 0. The van der Waals surface area contributed by atoms with Crippen LogP contribution in [0.3, 0.4) is 0 Å². The molecule has 15 rings (SSSR count). The van der Waals surface area contributed by atoms with E-state index in [1.165, 1.54) is 72.9 Å². The Hall–Kier alpha value is -8.75. The Kier molecular flexibility index (Phi) is 8.63. The Labute approximate surface area is 409 Å². The number of hydrogen-bond acceptors (Lipinski definition) is 5. The van der Waals surface area contributed by atoms with Crippen molar-refractivity contribution in [3.05, 3.63) is 224 Å². The van der Waals surface area contributed by atoms with Gasteiger partial charge in [-0.15, -0.1) is 22.7 Å². The first kappa shape index (κ1) is 39.3. The van der Waals surface area contributed by atoms with Gasteiger partial charge in [0.15, 0.2) is 17.5 Å². The highest BCUT2D eigenvalue weighted by molar-refractivity contribution is 7.27. The van der Waals surface area contributed by atoms with E-state index in [1.54, 1.807) is 0 Å². The summed E-state index contributed by atoms with van der Waals surface area (Å²) < 4.78 is 10.2. The van der Waals surface area contributed by atoms with Crippen molar-refractivity contribution in [2.45, 2.75) is 0 Å². The molecular weight excluding hydrogens is 891 g/mol. The van der Waals surface area contributed by atoms with E-state index in [4.69, 9.17) is 15.0 Å². The van der Waals surface area contributed by atoms with Crippen molar-refractivity contribution in [1.82, 2.24) is 24.1 Å². The van der Waals surface area contributed by atoms with Crippen molar-refractivity contribution in [1.29, 1.82) is 0 Å². The maximum absolute atomic E-state index is 5.25. The first-order chi connectivity index (χ1) is 34.7. The van der Waals surface area contributed by atoms with Crippen LogP contribution < -0.4 is 0 Å². The highest BCUT2D eigenvalue weighted by atomic mass is 32.1. The lowest BCUT2D eigenvalue weighted by Crippen LogP contribution is -2.03. The van der Waals surface area contributed by atoms with E-state index >= 15 is 0 Å². The van der Waals surface area contributed by atoms with Crippen LogP contribution in [-0.4, -0.2) is 24.1 Å². The van der Waals surface area contributed by atoms with Gasteiger partial charge in [-0.05, 0) is 48.5 Å². The van der Waals surface area contributed by atoms with Crippen LogP contribution in [0.1, 0.15) is 0 Å². The van der Waals surface area contributed by atoms with Crippen molar-refractivity contribution in [2.24, 2.45) is 0 Å². The second-order valence-electron chi connectivity index (χ2n) is 17.9. The smallest absolute Gasteiger partial charge is 0.164 e. The van der Waals surface area contributed by atoms with Gasteiger partial charge in [0.25, 0.3) is 0 Å². The zero-order chi connectivity index (χ0) is 45.9. The van der Waals surface area contributed by atoms with E-state index < -0.39 is 0 Å². The van der Waals surface area contributed by atoms with E-state index in [-0.39, 0.29) is 0 Å². The minimum absolute atomic E-state index is 0.608. The van der Waals surface area contributed by atoms with Crippen molar-refractivity contribution in [3.8, 4) is 56.7 Å².